The average Bonchev–Trinajstić information content (AvgIpc) is 3.25. The summed E-state index contributed by atoms with van der Waals surface area (Å²) in [5, 5.41) is 15.4. The number of carbonyl (C=O) groups is 3. The molecule has 2 aromatic rings. The fourth-order valence-electron chi connectivity index (χ4n) is 3.70. The Kier molecular flexibility index (Phi) is 10.4. The van der Waals surface area contributed by atoms with Crippen LogP contribution < -0.4 is 10.6 Å². The number of fused-ring (bicyclic) bond motifs is 1. The van der Waals surface area contributed by atoms with Crippen LogP contribution in [0.5, 0.6) is 0 Å². The summed E-state index contributed by atoms with van der Waals surface area (Å²) in [5.74, 6) is -1.21. The normalized spacial score (nSPS) is 13.5. The first-order chi connectivity index (χ1) is 16.2. The second kappa shape index (κ2) is 13.0. The van der Waals surface area contributed by atoms with Crippen LogP contribution in [0.4, 0.5) is 0 Å². The van der Waals surface area contributed by atoms with Gasteiger partial charge in [0.25, 0.3) is 0 Å². The standard InChI is InChI=1S/C26H34N4O3S/c1-6-16(3)20(10-11-22(31)17(4)15-27)30-26(33)19(13-24(32)28-5)14-25-29-21-9-8-18(7-2)12-23(21)34-25/h8-9,12,16,19-20H,4,6-7,10-11,13-14H2,1-3,5H3,(H,28,32)(H,30,33)/t16-,19-,20+/m0/s1. The first-order valence-electron chi connectivity index (χ1n) is 11.7. The zero-order valence-electron chi connectivity index (χ0n) is 20.4. The molecule has 0 bridgehead atoms. The maximum atomic E-state index is 13.3. The summed E-state index contributed by atoms with van der Waals surface area (Å²) in [7, 11) is 1.55. The number of ketones is 1. The molecule has 0 radical (unpaired) electrons. The van der Waals surface area contributed by atoms with Crippen LogP contribution in [0, 0.1) is 23.2 Å². The van der Waals surface area contributed by atoms with E-state index in [1.165, 1.54) is 5.56 Å². The van der Waals surface area contributed by atoms with E-state index in [0.717, 1.165) is 28.1 Å². The fraction of sp³-hybridized carbons (Fsp3) is 0.500. The molecule has 2 rings (SSSR count). The number of nitrogens with zero attached hydrogens (tertiary/aromatic N) is 2. The molecule has 0 unspecified atom stereocenters. The minimum atomic E-state index is -0.581. The Balaban J connectivity index is 2.19. The first kappa shape index (κ1) is 27.2. The number of benzene rings is 1. The predicted molar refractivity (Wildman–Crippen MR) is 135 cm³/mol. The predicted octanol–water partition coefficient (Wildman–Crippen LogP) is 4.11. The van der Waals surface area contributed by atoms with Gasteiger partial charge < -0.3 is 10.6 Å². The molecule has 0 fully saturated rings. The Bertz CT molecular complexity index is 1090. The van der Waals surface area contributed by atoms with Crippen molar-refractivity contribution in [3.8, 4) is 6.07 Å². The van der Waals surface area contributed by atoms with Crippen molar-refractivity contribution in [2.24, 2.45) is 11.8 Å². The molecular formula is C26H34N4O3S. The molecule has 0 saturated carbocycles. The lowest BCUT2D eigenvalue weighted by atomic mass is 9.91. The molecule has 0 saturated heterocycles. The molecule has 1 aromatic heterocycles. The van der Waals surface area contributed by atoms with Crippen LogP contribution in [0.15, 0.2) is 30.4 Å². The minimum Gasteiger partial charge on any atom is -0.359 e. The average molecular weight is 483 g/mol. The summed E-state index contributed by atoms with van der Waals surface area (Å²) in [6.07, 6.45) is 2.71. The van der Waals surface area contributed by atoms with Gasteiger partial charge in [-0.2, -0.15) is 5.26 Å². The Morgan fingerprint density at radius 2 is 2.00 bits per heavy atom. The third-order valence-electron chi connectivity index (χ3n) is 6.22. The van der Waals surface area contributed by atoms with Gasteiger partial charge in [0.15, 0.2) is 5.78 Å². The zero-order valence-corrected chi connectivity index (χ0v) is 21.3. The monoisotopic (exact) mass is 482 g/mol. The van der Waals surface area contributed by atoms with E-state index < -0.39 is 5.92 Å². The van der Waals surface area contributed by atoms with Crippen molar-refractivity contribution in [3.63, 3.8) is 0 Å². The van der Waals surface area contributed by atoms with Crippen LogP contribution in [0.2, 0.25) is 0 Å². The van der Waals surface area contributed by atoms with Gasteiger partial charge in [0.1, 0.15) is 6.07 Å². The van der Waals surface area contributed by atoms with E-state index in [9.17, 15) is 14.4 Å². The lowest BCUT2D eigenvalue weighted by Crippen LogP contribution is -2.44. The number of amides is 2. The highest BCUT2D eigenvalue weighted by atomic mass is 32.1. The number of carbonyl (C=O) groups excluding carboxylic acids is 3. The summed E-state index contributed by atoms with van der Waals surface area (Å²) in [5.41, 5.74) is 2.05. The van der Waals surface area contributed by atoms with E-state index >= 15 is 0 Å². The van der Waals surface area contributed by atoms with Gasteiger partial charge in [-0.15, -0.1) is 11.3 Å². The van der Waals surface area contributed by atoms with Crippen LogP contribution in [0.3, 0.4) is 0 Å². The number of rotatable bonds is 13. The van der Waals surface area contributed by atoms with Crippen molar-refractivity contribution in [2.45, 2.75) is 65.3 Å². The lowest BCUT2D eigenvalue weighted by Gasteiger charge is -2.26. The number of nitriles is 1. The third-order valence-corrected chi connectivity index (χ3v) is 7.26. The second-order valence-electron chi connectivity index (χ2n) is 8.59. The lowest BCUT2D eigenvalue weighted by molar-refractivity contribution is -0.131. The molecule has 1 aromatic carbocycles. The van der Waals surface area contributed by atoms with Crippen LogP contribution in [0.25, 0.3) is 10.2 Å². The van der Waals surface area contributed by atoms with E-state index in [1.807, 2.05) is 19.9 Å². The van der Waals surface area contributed by atoms with Gasteiger partial charge in [-0.3, -0.25) is 14.4 Å². The van der Waals surface area contributed by atoms with E-state index in [4.69, 9.17) is 5.26 Å². The maximum Gasteiger partial charge on any atom is 0.224 e. The summed E-state index contributed by atoms with van der Waals surface area (Å²) >= 11 is 1.55. The van der Waals surface area contributed by atoms with Crippen LogP contribution in [-0.4, -0.2) is 35.7 Å². The number of hydrogen-bond donors (Lipinski definition) is 2. The van der Waals surface area contributed by atoms with Gasteiger partial charge in [0.05, 0.1) is 26.7 Å². The van der Waals surface area contributed by atoms with Crippen molar-refractivity contribution in [2.75, 3.05) is 7.05 Å². The molecule has 0 aliphatic rings. The van der Waals surface area contributed by atoms with E-state index in [0.29, 0.717) is 12.8 Å². The molecule has 182 valence electrons. The number of aryl methyl sites for hydroxylation is 1. The number of allylic oxidation sites excluding steroid dienone is 1. The van der Waals surface area contributed by atoms with Crippen molar-refractivity contribution in [1.29, 1.82) is 5.26 Å². The van der Waals surface area contributed by atoms with E-state index in [-0.39, 0.29) is 48.0 Å². The highest BCUT2D eigenvalue weighted by molar-refractivity contribution is 7.18. The van der Waals surface area contributed by atoms with Crippen LogP contribution >= 0.6 is 11.3 Å². The minimum absolute atomic E-state index is 0.0515. The van der Waals surface area contributed by atoms with Crippen molar-refractivity contribution in [3.05, 3.63) is 40.9 Å². The number of nitrogens with one attached hydrogen (secondary N) is 2. The molecule has 0 aliphatic heterocycles. The molecule has 1 heterocycles. The fourth-order valence-corrected chi connectivity index (χ4v) is 4.81. The zero-order chi connectivity index (χ0) is 25.3. The summed E-state index contributed by atoms with van der Waals surface area (Å²) in [6.45, 7) is 9.61. The molecule has 8 heteroatoms. The SMILES string of the molecule is C=C(C#N)C(=O)CC[C@@H](NC(=O)[C@@H](CC(=O)NC)Cc1nc2ccc(CC)cc2s1)[C@@H](C)CC. The molecule has 2 N–H and O–H groups in total. The van der Waals surface area contributed by atoms with Gasteiger partial charge in [-0.1, -0.05) is 39.8 Å². The quantitative estimate of drug-likeness (QED) is 0.330. The number of aromatic nitrogens is 1. The Morgan fingerprint density at radius 3 is 2.62 bits per heavy atom. The van der Waals surface area contributed by atoms with E-state index in [1.54, 1.807) is 24.5 Å². The Hall–Kier alpha value is -3.05. The first-order valence-corrected chi connectivity index (χ1v) is 12.5. The number of hydrogen-bond acceptors (Lipinski definition) is 6. The van der Waals surface area contributed by atoms with Gasteiger partial charge >= 0.3 is 0 Å². The Labute approximate surface area is 205 Å². The van der Waals surface area contributed by atoms with Crippen LogP contribution in [0.1, 0.15) is 57.0 Å². The molecule has 3 atom stereocenters. The topological polar surface area (TPSA) is 112 Å². The largest absolute Gasteiger partial charge is 0.359 e. The van der Waals surface area contributed by atoms with Crippen molar-refractivity contribution >= 4 is 39.2 Å². The molecular weight excluding hydrogens is 448 g/mol. The van der Waals surface area contributed by atoms with Crippen LogP contribution in [-0.2, 0) is 27.2 Å². The van der Waals surface area contributed by atoms with Gasteiger partial charge in [-0.25, -0.2) is 4.98 Å². The highest BCUT2D eigenvalue weighted by Crippen LogP contribution is 2.26. The number of Topliss-reactive ketones (excluding diaryl/α,β-unsaturated/α-hetero) is 1. The molecule has 0 spiro atoms. The molecule has 0 aliphatic carbocycles. The summed E-state index contributed by atoms with van der Waals surface area (Å²) in [4.78, 5) is 42.2. The van der Waals surface area contributed by atoms with Gasteiger partial charge in [-0.05, 0) is 36.5 Å². The maximum absolute atomic E-state index is 13.3. The van der Waals surface area contributed by atoms with Gasteiger partial charge in [0.2, 0.25) is 11.8 Å². The highest BCUT2D eigenvalue weighted by Gasteiger charge is 2.27. The summed E-state index contributed by atoms with van der Waals surface area (Å²) < 4.78 is 1.07. The van der Waals surface area contributed by atoms with E-state index in [2.05, 4.69) is 41.3 Å². The Morgan fingerprint density at radius 1 is 1.26 bits per heavy atom. The third kappa shape index (κ3) is 7.49. The number of thiazole rings is 1. The molecule has 7 nitrogen and oxygen atoms in total. The smallest absolute Gasteiger partial charge is 0.224 e. The summed E-state index contributed by atoms with van der Waals surface area (Å²) in [6, 6.07) is 7.70. The second-order valence-corrected chi connectivity index (χ2v) is 9.71. The molecule has 2 amide bonds. The molecule has 34 heavy (non-hydrogen) atoms. The van der Waals surface area contributed by atoms with Crippen molar-refractivity contribution < 1.29 is 14.4 Å². The van der Waals surface area contributed by atoms with Gasteiger partial charge in [0, 0.05) is 32.4 Å². The van der Waals surface area contributed by atoms with Crippen molar-refractivity contribution in [1.82, 2.24) is 15.6 Å².